The fourth-order valence-electron chi connectivity index (χ4n) is 8.13. The molecule has 4 aliphatic rings. The molecule has 0 aromatic carbocycles. The zero-order valence-corrected chi connectivity index (χ0v) is 19.6. The normalized spacial score (nSPS) is 41.8. The first-order valence-corrected chi connectivity index (χ1v) is 12.6. The van der Waals surface area contributed by atoms with E-state index < -0.39 is 0 Å². The van der Waals surface area contributed by atoms with Crippen molar-refractivity contribution in [3.05, 3.63) is 11.6 Å². The highest BCUT2D eigenvalue weighted by molar-refractivity contribution is 5.86. The summed E-state index contributed by atoms with van der Waals surface area (Å²) < 4.78 is 0. The molecule has 1 aliphatic heterocycles. The van der Waals surface area contributed by atoms with Crippen molar-refractivity contribution in [1.29, 1.82) is 5.26 Å². The molecule has 0 radical (unpaired) electrons. The second-order valence-electron chi connectivity index (χ2n) is 10.9. The van der Waals surface area contributed by atoms with Crippen LogP contribution in [0.1, 0.15) is 78.6 Å². The summed E-state index contributed by atoms with van der Waals surface area (Å²) in [6.07, 6.45) is 14.0. The summed E-state index contributed by atoms with van der Waals surface area (Å²) in [7, 11) is 0. The zero-order chi connectivity index (χ0) is 22.2. The largest absolute Gasteiger partial charge is 0.325 e. The van der Waals surface area contributed by atoms with E-state index in [0.29, 0.717) is 36.3 Å². The fourth-order valence-corrected chi connectivity index (χ4v) is 8.13. The number of Topliss-reactive ketones (excluding diaryl/α,β-unsaturated/α-hetero) is 1. The summed E-state index contributed by atoms with van der Waals surface area (Å²) in [6.45, 7) is 7.92. The van der Waals surface area contributed by atoms with Gasteiger partial charge in [0.1, 0.15) is 6.07 Å². The van der Waals surface area contributed by atoms with Gasteiger partial charge < -0.3 is 5.73 Å². The predicted octanol–water partition coefficient (Wildman–Crippen LogP) is 4.68. The second-order valence-corrected chi connectivity index (χ2v) is 10.9. The van der Waals surface area contributed by atoms with Crippen molar-refractivity contribution in [3.63, 3.8) is 0 Å². The van der Waals surface area contributed by atoms with Crippen LogP contribution in [0.15, 0.2) is 16.8 Å². The van der Waals surface area contributed by atoms with Crippen molar-refractivity contribution < 1.29 is 4.79 Å². The molecule has 0 aromatic rings. The van der Waals surface area contributed by atoms with Gasteiger partial charge in [-0.05, 0) is 73.7 Å². The molecule has 5 nitrogen and oxygen atoms in total. The quantitative estimate of drug-likeness (QED) is 0.671. The van der Waals surface area contributed by atoms with Gasteiger partial charge >= 0.3 is 0 Å². The molecule has 3 fully saturated rings. The first-order valence-electron chi connectivity index (χ1n) is 12.6. The Morgan fingerprint density at radius 3 is 2.74 bits per heavy atom. The van der Waals surface area contributed by atoms with Crippen molar-refractivity contribution in [2.45, 2.75) is 84.1 Å². The first-order chi connectivity index (χ1) is 14.9. The highest BCUT2D eigenvalue weighted by Crippen LogP contribution is 2.64. The van der Waals surface area contributed by atoms with E-state index in [9.17, 15) is 4.79 Å². The SMILES string of the molecule is CCCC1C(CC)CCC2(N)C1CC[C@@]1(C)C(C(=O)CN3CC=C(C#N)C=N3)CCC21. The summed E-state index contributed by atoms with van der Waals surface area (Å²) in [4.78, 5) is 13.4. The number of hydrogen-bond acceptors (Lipinski definition) is 5. The summed E-state index contributed by atoms with van der Waals surface area (Å²) in [5.41, 5.74) is 7.86. The molecular weight excluding hydrogens is 384 g/mol. The summed E-state index contributed by atoms with van der Waals surface area (Å²) in [5.74, 6) is 3.07. The van der Waals surface area contributed by atoms with Crippen molar-refractivity contribution >= 4 is 12.0 Å². The number of nitrogens with two attached hydrogens (primary N) is 1. The number of allylic oxidation sites excluding steroid dienone is 1. The molecule has 2 N–H and O–H groups in total. The Hall–Kier alpha value is -1.67. The summed E-state index contributed by atoms with van der Waals surface area (Å²) in [6, 6.07) is 2.11. The van der Waals surface area contributed by atoms with Gasteiger partial charge in [-0.2, -0.15) is 10.4 Å². The average Bonchev–Trinajstić information content (AvgIpc) is 3.13. The lowest BCUT2D eigenvalue weighted by atomic mass is 9.47. The van der Waals surface area contributed by atoms with Crippen LogP contribution in [0, 0.1) is 46.3 Å². The molecule has 31 heavy (non-hydrogen) atoms. The standard InChI is InChI=1S/C26H40N4O/c1-4-6-20-19(5-2)9-13-26(28)21(20)10-12-25(3)22(7-8-24(25)26)23(31)17-30-14-11-18(15-27)16-29-30/h11,16,19-22,24H,4-10,12-14,17,28H2,1-3H3/t19?,20?,21?,22?,24?,25-,26?/m0/s1. The highest BCUT2D eigenvalue weighted by atomic mass is 16.1. The van der Waals surface area contributed by atoms with Crippen LogP contribution in [0.5, 0.6) is 0 Å². The van der Waals surface area contributed by atoms with Gasteiger partial charge in [-0.3, -0.25) is 9.80 Å². The summed E-state index contributed by atoms with van der Waals surface area (Å²) >= 11 is 0. The Kier molecular flexibility index (Phi) is 6.32. The van der Waals surface area contributed by atoms with Gasteiger partial charge in [0.05, 0.1) is 24.9 Å². The molecular formula is C26H40N4O. The molecule has 1 heterocycles. The van der Waals surface area contributed by atoms with E-state index in [0.717, 1.165) is 37.5 Å². The Morgan fingerprint density at radius 2 is 2.10 bits per heavy atom. The molecule has 0 aromatic heterocycles. The van der Waals surface area contributed by atoms with Crippen LogP contribution in [0.4, 0.5) is 0 Å². The third-order valence-corrected chi connectivity index (χ3v) is 9.62. The molecule has 0 saturated heterocycles. The van der Waals surface area contributed by atoms with Crippen LogP contribution in [-0.2, 0) is 4.79 Å². The number of carbonyl (C=O) groups excluding carboxylic acids is 1. The number of rotatable bonds is 6. The fraction of sp³-hybridized carbons (Fsp3) is 0.808. The Labute approximate surface area is 188 Å². The molecule has 0 amide bonds. The van der Waals surface area contributed by atoms with E-state index in [4.69, 9.17) is 11.0 Å². The molecule has 7 atom stereocenters. The zero-order valence-electron chi connectivity index (χ0n) is 19.6. The van der Waals surface area contributed by atoms with Gasteiger partial charge in [0, 0.05) is 11.5 Å². The Balaban J connectivity index is 1.50. The predicted molar refractivity (Wildman–Crippen MR) is 124 cm³/mol. The summed E-state index contributed by atoms with van der Waals surface area (Å²) in [5, 5.41) is 15.1. The maximum absolute atomic E-state index is 13.4. The number of fused-ring (bicyclic) bond motifs is 3. The third kappa shape index (κ3) is 3.75. The molecule has 3 saturated carbocycles. The van der Waals surface area contributed by atoms with Crippen LogP contribution < -0.4 is 5.73 Å². The number of nitrogens with zero attached hydrogens (tertiary/aromatic N) is 3. The van der Waals surface area contributed by atoms with Crippen LogP contribution in [-0.4, -0.2) is 35.6 Å². The number of nitriles is 1. The minimum Gasteiger partial charge on any atom is -0.325 e. The van der Waals surface area contributed by atoms with Crippen molar-refractivity contribution in [2.24, 2.45) is 45.8 Å². The van der Waals surface area contributed by atoms with Crippen molar-refractivity contribution in [1.82, 2.24) is 5.01 Å². The lowest BCUT2D eigenvalue weighted by Gasteiger charge is -2.60. The molecule has 0 bridgehead atoms. The molecule has 0 spiro atoms. The number of carbonyl (C=O) groups is 1. The van der Waals surface area contributed by atoms with Gasteiger partial charge in [-0.1, -0.05) is 40.0 Å². The molecule has 5 heteroatoms. The maximum Gasteiger partial charge on any atom is 0.157 e. The Bertz CT molecular complexity index is 798. The van der Waals surface area contributed by atoms with Gasteiger partial charge in [-0.15, -0.1) is 0 Å². The number of ketones is 1. The first kappa shape index (κ1) is 22.5. The van der Waals surface area contributed by atoms with E-state index in [1.807, 2.05) is 6.08 Å². The van der Waals surface area contributed by atoms with E-state index in [1.54, 1.807) is 11.2 Å². The van der Waals surface area contributed by atoms with Gasteiger partial charge in [0.2, 0.25) is 0 Å². The smallest absolute Gasteiger partial charge is 0.157 e. The minimum absolute atomic E-state index is 0.0192. The highest BCUT2D eigenvalue weighted by Gasteiger charge is 2.63. The van der Waals surface area contributed by atoms with E-state index in [2.05, 4.69) is 31.9 Å². The number of hydrazone groups is 1. The van der Waals surface area contributed by atoms with Crippen molar-refractivity contribution in [3.8, 4) is 6.07 Å². The minimum atomic E-state index is -0.0960. The van der Waals surface area contributed by atoms with Gasteiger partial charge in [0.25, 0.3) is 0 Å². The average molecular weight is 425 g/mol. The lowest BCUT2D eigenvalue weighted by Crippen LogP contribution is -2.65. The third-order valence-electron chi connectivity index (χ3n) is 9.62. The molecule has 4 rings (SSSR count). The van der Waals surface area contributed by atoms with Crippen LogP contribution in [0.25, 0.3) is 0 Å². The second kappa shape index (κ2) is 8.70. The van der Waals surface area contributed by atoms with E-state index in [1.165, 1.54) is 32.1 Å². The van der Waals surface area contributed by atoms with Gasteiger partial charge in [0.15, 0.2) is 5.78 Å². The maximum atomic E-state index is 13.4. The molecule has 6 unspecified atom stereocenters. The topological polar surface area (TPSA) is 82.5 Å². The van der Waals surface area contributed by atoms with Crippen LogP contribution in [0.3, 0.4) is 0 Å². The Morgan fingerprint density at radius 1 is 1.29 bits per heavy atom. The lowest BCUT2D eigenvalue weighted by molar-refractivity contribution is -0.132. The van der Waals surface area contributed by atoms with Crippen molar-refractivity contribution in [2.75, 3.05) is 13.1 Å². The molecule has 170 valence electrons. The van der Waals surface area contributed by atoms with Crippen LogP contribution >= 0.6 is 0 Å². The van der Waals surface area contributed by atoms with E-state index >= 15 is 0 Å². The number of hydrogen-bond donors (Lipinski definition) is 1. The molecule has 3 aliphatic carbocycles. The van der Waals surface area contributed by atoms with Gasteiger partial charge in [-0.25, -0.2) is 0 Å². The van der Waals surface area contributed by atoms with Crippen LogP contribution in [0.2, 0.25) is 0 Å². The monoisotopic (exact) mass is 424 g/mol. The van der Waals surface area contributed by atoms with E-state index in [-0.39, 0.29) is 16.9 Å².